The van der Waals surface area contributed by atoms with E-state index in [1.807, 2.05) is 0 Å². The minimum atomic E-state index is -1.18. The molecule has 17 heavy (non-hydrogen) atoms. The van der Waals surface area contributed by atoms with E-state index in [2.05, 4.69) is 21.6 Å². The normalized spacial score (nSPS) is 18.9. The lowest BCUT2D eigenvalue weighted by Crippen LogP contribution is -2.08. The third-order valence-corrected chi connectivity index (χ3v) is 3.97. The molecule has 5 nitrogen and oxygen atoms in total. The molecule has 2 aromatic heterocycles. The number of rotatable bonds is 2. The number of aromatic nitrogens is 2. The number of carboxylic acid groups (broad SMARTS) is 1. The maximum Gasteiger partial charge on any atom is 0.393 e. The molecular weight excluding hydrogens is 240 g/mol. The lowest BCUT2D eigenvalue weighted by Gasteiger charge is -2.18. The summed E-state index contributed by atoms with van der Waals surface area (Å²) in [4.78, 5) is 12.0. The van der Waals surface area contributed by atoms with Crippen LogP contribution in [0, 0.1) is 0 Å². The van der Waals surface area contributed by atoms with Gasteiger partial charge in [-0.05, 0) is 36.3 Å². The van der Waals surface area contributed by atoms with E-state index in [0.29, 0.717) is 5.89 Å². The summed E-state index contributed by atoms with van der Waals surface area (Å²) in [5, 5.41) is 18.2. The Labute approximate surface area is 101 Å². The van der Waals surface area contributed by atoms with Crippen LogP contribution in [0.1, 0.15) is 45.8 Å². The molecule has 3 rings (SSSR count). The summed E-state index contributed by atoms with van der Waals surface area (Å²) in [5.41, 5.74) is 1.21. The molecular formula is C11H10N2O3S. The highest BCUT2D eigenvalue weighted by Crippen LogP contribution is 2.38. The van der Waals surface area contributed by atoms with Crippen molar-refractivity contribution in [2.24, 2.45) is 0 Å². The molecule has 0 radical (unpaired) electrons. The first-order valence-electron chi connectivity index (χ1n) is 5.38. The van der Waals surface area contributed by atoms with Gasteiger partial charge in [-0.3, -0.25) is 0 Å². The lowest BCUT2D eigenvalue weighted by atomic mass is 9.88. The van der Waals surface area contributed by atoms with E-state index in [9.17, 15) is 4.79 Å². The van der Waals surface area contributed by atoms with Crippen LogP contribution in [-0.2, 0) is 6.42 Å². The van der Waals surface area contributed by atoms with Gasteiger partial charge < -0.3 is 9.52 Å². The number of carbonyl (C=O) groups is 1. The van der Waals surface area contributed by atoms with Crippen LogP contribution in [0.2, 0.25) is 0 Å². The third-order valence-electron chi connectivity index (χ3n) is 2.97. The third kappa shape index (κ3) is 1.74. The van der Waals surface area contributed by atoms with Crippen molar-refractivity contribution in [2.45, 2.75) is 25.2 Å². The first kappa shape index (κ1) is 10.5. The molecule has 1 aliphatic rings. The maximum atomic E-state index is 10.7. The van der Waals surface area contributed by atoms with Gasteiger partial charge in [-0.1, -0.05) is 0 Å². The van der Waals surface area contributed by atoms with E-state index in [1.165, 1.54) is 10.4 Å². The Morgan fingerprint density at radius 2 is 2.41 bits per heavy atom. The summed E-state index contributed by atoms with van der Waals surface area (Å²) in [6.45, 7) is 0. The first-order chi connectivity index (χ1) is 8.25. The van der Waals surface area contributed by atoms with Gasteiger partial charge in [0.15, 0.2) is 0 Å². The Balaban J connectivity index is 1.98. The van der Waals surface area contributed by atoms with Crippen molar-refractivity contribution in [3.05, 3.63) is 33.7 Å². The first-order valence-corrected chi connectivity index (χ1v) is 6.26. The topological polar surface area (TPSA) is 76.2 Å². The maximum absolute atomic E-state index is 10.7. The van der Waals surface area contributed by atoms with Crippen LogP contribution < -0.4 is 0 Å². The van der Waals surface area contributed by atoms with Gasteiger partial charge in [-0.25, -0.2) is 4.79 Å². The van der Waals surface area contributed by atoms with E-state index in [1.54, 1.807) is 11.3 Å². The predicted octanol–water partition coefficient (Wildman–Crippen LogP) is 2.30. The van der Waals surface area contributed by atoms with Gasteiger partial charge >= 0.3 is 11.9 Å². The molecule has 0 spiro atoms. The standard InChI is InChI=1S/C11H10N2O3S/c14-11(15)10-13-12-9(16-10)7-2-1-3-8-6(7)4-5-17-8/h4-5,7H,1-3H2,(H,14,15). The summed E-state index contributed by atoms with van der Waals surface area (Å²) < 4.78 is 5.19. The molecule has 2 heterocycles. The second kappa shape index (κ2) is 3.96. The molecule has 0 amide bonds. The molecule has 1 N–H and O–H groups in total. The smallest absolute Gasteiger partial charge is 0.393 e. The number of aromatic carboxylic acids is 1. The minimum Gasteiger partial charge on any atom is -0.474 e. The highest BCUT2D eigenvalue weighted by Gasteiger charge is 2.28. The molecule has 0 saturated heterocycles. The van der Waals surface area contributed by atoms with E-state index in [-0.39, 0.29) is 11.8 Å². The molecule has 2 aromatic rings. The highest BCUT2D eigenvalue weighted by molar-refractivity contribution is 7.10. The number of thiophene rings is 1. The summed E-state index contributed by atoms with van der Waals surface area (Å²) >= 11 is 1.73. The molecule has 0 aliphatic heterocycles. The second-order valence-corrected chi connectivity index (χ2v) is 5.00. The highest BCUT2D eigenvalue weighted by atomic mass is 32.1. The number of fused-ring (bicyclic) bond motifs is 1. The Morgan fingerprint density at radius 1 is 1.53 bits per heavy atom. The van der Waals surface area contributed by atoms with Crippen molar-refractivity contribution in [3.8, 4) is 0 Å². The summed E-state index contributed by atoms with van der Waals surface area (Å²) in [5.74, 6) is -1.03. The van der Waals surface area contributed by atoms with Crippen LogP contribution in [0.5, 0.6) is 0 Å². The number of aryl methyl sites for hydroxylation is 1. The van der Waals surface area contributed by atoms with Crippen LogP contribution in [0.4, 0.5) is 0 Å². The zero-order chi connectivity index (χ0) is 11.8. The van der Waals surface area contributed by atoms with Crippen LogP contribution in [0.3, 0.4) is 0 Å². The predicted molar refractivity (Wildman–Crippen MR) is 60.4 cm³/mol. The van der Waals surface area contributed by atoms with Gasteiger partial charge in [0, 0.05) is 4.88 Å². The molecule has 0 fully saturated rings. The van der Waals surface area contributed by atoms with Crippen molar-refractivity contribution < 1.29 is 14.3 Å². The molecule has 1 unspecified atom stereocenters. The monoisotopic (exact) mass is 250 g/mol. The van der Waals surface area contributed by atoms with Crippen molar-refractivity contribution in [1.82, 2.24) is 10.2 Å². The molecule has 88 valence electrons. The fourth-order valence-corrected chi connectivity index (χ4v) is 3.19. The Morgan fingerprint density at radius 3 is 3.18 bits per heavy atom. The average molecular weight is 250 g/mol. The fourth-order valence-electron chi connectivity index (χ4n) is 2.20. The van der Waals surface area contributed by atoms with Crippen LogP contribution >= 0.6 is 11.3 Å². The van der Waals surface area contributed by atoms with Crippen molar-refractivity contribution >= 4 is 17.3 Å². The summed E-state index contributed by atoms with van der Waals surface area (Å²) in [6, 6.07) is 2.06. The van der Waals surface area contributed by atoms with Crippen molar-refractivity contribution in [3.63, 3.8) is 0 Å². The number of nitrogens with zero attached hydrogens (tertiary/aromatic N) is 2. The minimum absolute atomic E-state index is 0.0607. The molecule has 0 saturated carbocycles. The zero-order valence-electron chi connectivity index (χ0n) is 8.92. The van der Waals surface area contributed by atoms with Gasteiger partial charge in [0.1, 0.15) is 0 Å². The fraction of sp³-hybridized carbons (Fsp3) is 0.364. The van der Waals surface area contributed by atoms with E-state index in [4.69, 9.17) is 9.52 Å². The molecule has 1 atom stereocenters. The van der Waals surface area contributed by atoms with E-state index >= 15 is 0 Å². The van der Waals surface area contributed by atoms with Gasteiger partial charge in [0.05, 0.1) is 5.92 Å². The Kier molecular flexibility index (Phi) is 2.44. The molecule has 0 bridgehead atoms. The van der Waals surface area contributed by atoms with Crippen LogP contribution in [0.15, 0.2) is 15.9 Å². The summed E-state index contributed by atoms with van der Waals surface area (Å²) in [7, 11) is 0. The van der Waals surface area contributed by atoms with Gasteiger partial charge in [-0.2, -0.15) is 0 Å². The van der Waals surface area contributed by atoms with Crippen molar-refractivity contribution in [2.75, 3.05) is 0 Å². The SMILES string of the molecule is O=C(O)c1nnc(C2CCCc3sccc32)o1. The Hall–Kier alpha value is -1.69. The average Bonchev–Trinajstić information content (AvgIpc) is 2.97. The number of carboxylic acids is 1. The number of hydrogen-bond acceptors (Lipinski definition) is 5. The van der Waals surface area contributed by atoms with Gasteiger partial charge in [-0.15, -0.1) is 21.5 Å². The van der Waals surface area contributed by atoms with Gasteiger partial charge in [0.2, 0.25) is 5.89 Å². The van der Waals surface area contributed by atoms with E-state index in [0.717, 1.165) is 19.3 Å². The van der Waals surface area contributed by atoms with Crippen molar-refractivity contribution in [1.29, 1.82) is 0 Å². The van der Waals surface area contributed by atoms with Gasteiger partial charge in [0.25, 0.3) is 0 Å². The van der Waals surface area contributed by atoms with Crippen LogP contribution in [0.25, 0.3) is 0 Å². The lowest BCUT2D eigenvalue weighted by molar-refractivity contribution is 0.0651. The largest absolute Gasteiger partial charge is 0.474 e. The zero-order valence-corrected chi connectivity index (χ0v) is 9.74. The van der Waals surface area contributed by atoms with E-state index < -0.39 is 5.97 Å². The van der Waals surface area contributed by atoms with Crippen LogP contribution in [-0.4, -0.2) is 21.3 Å². The summed E-state index contributed by atoms with van der Waals surface area (Å²) in [6.07, 6.45) is 3.09. The molecule has 6 heteroatoms. The molecule has 0 aromatic carbocycles. The Bertz CT molecular complexity index is 561. The molecule has 1 aliphatic carbocycles. The number of hydrogen-bond donors (Lipinski definition) is 1. The quantitative estimate of drug-likeness (QED) is 0.885. The second-order valence-electron chi connectivity index (χ2n) is 3.99.